The van der Waals surface area contributed by atoms with Crippen molar-refractivity contribution in [2.75, 3.05) is 0 Å². The lowest BCUT2D eigenvalue weighted by atomic mass is 10.1. The summed E-state index contributed by atoms with van der Waals surface area (Å²) >= 11 is 0. The van der Waals surface area contributed by atoms with E-state index in [1.165, 1.54) is 22.7 Å². The van der Waals surface area contributed by atoms with E-state index in [2.05, 4.69) is 15.4 Å². The Kier molecular flexibility index (Phi) is 5.39. The topological polar surface area (TPSA) is 79.3 Å². The smallest absolute Gasteiger partial charge is 0.344 e. The fourth-order valence-electron chi connectivity index (χ4n) is 3.93. The predicted octanol–water partition coefficient (Wildman–Crippen LogP) is 5.35. The highest BCUT2D eigenvalue weighted by molar-refractivity contribution is 5.94. The molecule has 0 saturated carbocycles. The van der Waals surface area contributed by atoms with Crippen LogP contribution >= 0.6 is 0 Å². The molecule has 5 aromatic rings. The molecule has 0 aliphatic heterocycles. The highest BCUT2D eigenvalue weighted by Gasteiger charge is 2.30. The van der Waals surface area contributed by atoms with Gasteiger partial charge in [-0.3, -0.25) is 9.59 Å². The molecule has 0 saturated heterocycles. The molecular weight excluding hydrogens is 457 g/mol. The molecule has 35 heavy (non-hydrogen) atoms. The molecule has 1 atom stereocenters. The molecular formula is C26H19F3N4O2. The van der Waals surface area contributed by atoms with Gasteiger partial charge in [-0.2, -0.15) is 18.3 Å². The minimum Gasteiger partial charge on any atom is -0.344 e. The third-order valence-corrected chi connectivity index (χ3v) is 5.85. The van der Waals surface area contributed by atoms with Crippen LogP contribution in [0.15, 0.2) is 83.8 Å². The van der Waals surface area contributed by atoms with E-state index in [-0.39, 0.29) is 11.2 Å². The van der Waals surface area contributed by atoms with E-state index in [0.29, 0.717) is 11.3 Å². The molecule has 2 N–H and O–H groups in total. The van der Waals surface area contributed by atoms with E-state index in [9.17, 15) is 22.8 Å². The molecule has 0 bridgehead atoms. The number of rotatable bonds is 4. The molecule has 0 radical (unpaired) electrons. The monoisotopic (exact) mass is 476 g/mol. The molecule has 2 aromatic heterocycles. The van der Waals surface area contributed by atoms with Crippen LogP contribution in [0.3, 0.4) is 0 Å². The van der Waals surface area contributed by atoms with Crippen LogP contribution in [-0.4, -0.2) is 20.5 Å². The van der Waals surface area contributed by atoms with Crippen LogP contribution in [0.2, 0.25) is 0 Å². The quantitative estimate of drug-likeness (QED) is 0.367. The number of aromatic nitrogens is 3. The maximum Gasteiger partial charge on any atom is 0.416 e. The number of fused-ring (bicyclic) bond motifs is 2. The Morgan fingerprint density at radius 2 is 1.71 bits per heavy atom. The summed E-state index contributed by atoms with van der Waals surface area (Å²) in [5.41, 5.74) is 0.888. The van der Waals surface area contributed by atoms with Gasteiger partial charge in [-0.15, -0.1) is 0 Å². The van der Waals surface area contributed by atoms with Gasteiger partial charge in [0.15, 0.2) is 5.69 Å². The first-order valence-electron chi connectivity index (χ1n) is 10.8. The summed E-state index contributed by atoms with van der Waals surface area (Å²) in [5, 5.41) is 9.05. The zero-order valence-corrected chi connectivity index (χ0v) is 18.4. The average molecular weight is 476 g/mol. The number of hydrogen-bond acceptors (Lipinski definition) is 3. The Bertz CT molecular complexity index is 1620. The number of benzene rings is 3. The Morgan fingerprint density at radius 1 is 1.00 bits per heavy atom. The second-order valence-corrected chi connectivity index (χ2v) is 8.23. The summed E-state index contributed by atoms with van der Waals surface area (Å²) in [6, 6.07) is 19.0. The van der Waals surface area contributed by atoms with Gasteiger partial charge in [0.25, 0.3) is 11.5 Å². The Hall–Kier alpha value is -4.40. The van der Waals surface area contributed by atoms with Gasteiger partial charge in [0.2, 0.25) is 0 Å². The standard InChI is InChI=1S/C26H19F3N4O2/c1-15(16-8-10-20(11-9-16)26(27,28)29)30-24(34)21-13-23-25(35)31-22(14-33(23)32-21)19-7-6-17-4-2-3-5-18(17)12-19/h2-15H,1H3,(H,30,34)(H,31,35). The van der Waals surface area contributed by atoms with E-state index >= 15 is 0 Å². The largest absolute Gasteiger partial charge is 0.416 e. The SMILES string of the molecule is CC(NC(=O)c1cc2c(=O)[nH]c(-c3ccc4ccccc4c3)cn2n1)c1ccc(C(F)(F)F)cc1. The number of H-pyrrole nitrogens is 1. The van der Waals surface area contributed by atoms with Crippen molar-refractivity contribution in [3.63, 3.8) is 0 Å². The van der Waals surface area contributed by atoms with Crippen LogP contribution in [-0.2, 0) is 6.18 Å². The van der Waals surface area contributed by atoms with Gasteiger partial charge in [0.1, 0.15) is 5.52 Å². The van der Waals surface area contributed by atoms with Crippen molar-refractivity contribution in [2.24, 2.45) is 0 Å². The van der Waals surface area contributed by atoms with Crippen LogP contribution in [0.25, 0.3) is 27.5 Å². The van der Waals surface area contributed by atoms with Gasteiger partial charge in [-0.25, -0.2) is 4.52 Å². The number of carbonyl (C=O) groups is 1. The lowest BCUT2D eigenvalue weighted by Gasteiger charge is -2.14. The van der Waals surface area contributed by atoms with Crippen molar-refractivity contribution in [3.05, 3.63) is 106 Å². The number of aromatic amines is 1. The summed E-state index contributed by atoms with van der Waals surface area (Å²) in [6.07, 6.45) is -2.79. The summed E-state index contributed by atoms with van der Waals surface area (Å²) in [5.74, 6) is -0.548. The highest BCUT2D eigenvalue weighted by Crippen LogP contribution is 2.30. The van der Waals surface area contributed by atoms with Crippen LogP contribution < -0.4 is 10.9 Å². The summed E-state index contributed by atoms with van der Waals surface area (Å²) in [6.45, 7) is 1.65. The van der Waals surface area contributed by atoms with Crippen LogP contribution in [0.1, 0.15) is 34.6 Å². The van der Waals surface area contributed by atoms with Gasteiger partial charge in [0.05, 0.1) is 23.5 Å². The number of halogens is 3. The van der Waals surface area contributed by atoms with Crippen molar-refractivity contribution in [2.45, 2.75) is 19.1 Å². The molecule has 1 unspecified atom stereocenters. The fraction of sp³-hybridized carbons (Fsp3) is 0.115. The molecule has 0 spiro atoms. The molecule has 0 aliphatic carbocycles. The van der Waals surface area contributed by atoms with E-state index in [1.54, 1.807) is 13.1 Å². The van der Waals surface area contributed by atoms with Crippen molar-refractivity contribution in [3.8, 4) is 11.3 Å². The second kappa shape index (κ2) is 8.43. The van der Waals surface area contributed by atoms with Gasteiger partial charge in [-0.05, 0) is 41.5 Å². The first-order valence-corrected chi connectivity index (χ1v) is 10.8. The molecule has 3 aromatic carbocycles. The van der Waals surface area contributed by atoms with E-state index in [4.69, 9.17) is 0 Å². The van der Waals surface area contributed by atoms with E-state index in [0.717, 1.165) is 28.5 Å². The molecule has 0 aliphatic rings. The van der Waals surface area contributed by atoms with Crippen molar-refractivity contribution < 1.29 is 18.0 Å². The van der Waals surface area contributed by atoms with E-state index < -0.39 is 29.2 Å². The molecule has 2 heterocycles. The molecule has 176 valence electrons. The lowest BCUT2D eigenvalue weighted by molar-refractivity contribution is -0.137. The number of amides is 1. The molecule has 5 rings (SSSR count). The van der Waals surface area contributed by atoms with Gasteiger partial charge < -0.3 is 10.3 Å². The number of nitrogens with zero attached hydrogens (tertiary/aromatic N) is 2. The van der Waals surface area contributed by atoms with Crippen molar-refractivity contribution in [1.82, 2.24) is 19.9 Å². The number of hydrogen-bond donors (Lipinski definition) is 2. The third kappa shape index (κ3) is 4.40. The third-order valence-electron chi connectivity index (χ3n) is 5.85. The predicted molar refractivity (Wildman–Crippen MR) is 126 cm³/mol. The van der Waals surface area contributed by atoms with Gasteiger partial charge in [-0.1, -0.05) is 48.5 Å². The first kappa shape index (κ1) is 22.4. The minimum atomic E-state index is -4.43. The number of alkyl halides is 3. The summed E-state index contributed by atoms with van der Waals surface area (Å²) in [7, 11) is 0. The number of nitrogens with one attached hydrogen (secondary N) is 2. The van der Waals surface area contributed by atoms with Crippen LogP contribution in [0, 0.1) is 0 Å². The fourth-order valence-corrected chi connectivity index (χ4v) is 3.93. The minimum absolute atomic E-state index is 0.0184. The maximum absolute atomic E-state index is 12.8. The summed E-state index contributed by atoms with van der Waals surface area (Å²) in [4.78, 5) is 28.3. The molecule has 1 amide bonds. The number of carbonyl (C=O) groups excluding carboxylic acids is 1. The Balaban J connectivity index is 1.40. The summed E-state index contributed by atoms with van der Waals surface area (Å²) < 4.78 is 39.7. The van der Waals surface area contributed by atoms with Crippen LogP contribution in [0.4, 0.5) is 13.2 Å². The van der Waals surface area contributed by atoms with Crippen molar-refractivity contribution >= 4 is 22.2 Å². The lowest BCUT2D eigenvalue weighted by Crippen LogP contribution is -2.27. The zero-order valence-electron chi connectivity index (χ0n) is 18.4. The Labute approximate surface area is 197 Å². The van der Waals surface area contributed by atoms with Crippen molar-refractivity contribution in [1.29, 1.82) is 0 Å². The zero-order chi connectivity index (χ0) is 24.7. The normalized spacial score (nSPS) is 12.7. The second-order valence-electron chi connectivity index (χ2n) is 8.23. The van der Waals surface area contributed by atoms with Gasteiger partial charge >= 0.3 is 6.18 Å². The Morgan fingerprint density at radius 3 is 2.43 bits per heavy atom. The highest BCUT2D eigenvalue weighted by atomic mass is 19.4. The van der Waals surface area contributed by atoms with E-state index in [1.807, 2.05) is 42.5 Å². The maximum atomic E-state index is 12.8. The molecule has 0 fully saturated rings. The van der Waals surface area contributed by atoms with Crippen LogP contribution in [0.5, 0.6) is 0 Å². The molecule has 6 nitrogen and oxygen atoms in total. The first-order chi connectivity index (χ1) is 16.7. The molecule has 9 heteroatoms. The van der Waals surface area contributed by atoms with Gasteiger partial charge in [0, 0.05) is 11.6 Å². The average Bonchev–Trinajstić information content (AvgIpc) is 3.28.